The summed E-state index contributed by atoms with van der Waals surface area (Å²) < 4.78 is 5.72. The number of amides is 1. The van der Waals surface area contributed by atoms with Crippen molar-refractivity contribution in [3.05, 3.63) is 65.7 Å². The summed E-state index contributed by atoms with van der Waals surface area (Å²) >= 11 is 0. The number of rotatable bonds is 7. The predicted octanol–water partition coefficient (Wildman–Crippen LogP) is 3.36. The number of aryl methyl sites for hydroxylation is 1. The molecule has 4 nitrogen and oxygen atoms in total. The number of piperazine rings is 1. The lowest BCUT2D eigenvalue weighted by Gasteiger charge is -2.35. The van der Waals surface area contributed by atoms with Gasteiger partial charge >= 0.3 is 0 Å². The van der Waals surface area contributed by atoms with E-state index < -0.39 is 0 Å². The summed E-state index contributed by atoms with van der Waals surface area (Å²) in [5.41, 5.74) is 2.45. The number of benzene rings is 2. The largest absolute Gasteiger partial charge is 0.494 e. The maximum Gasteiger partial charge on any atom is 0.222 e. The molecule has 2 aromatic carbocycles. The first-order valence-corrected chi connectivity index (χ1v) is 9.51. The first-order chi connectivity index (χ1) is 12.8. The minimum Gasteiger partial charge on any atom is -0.494 e. The molecule has 0 aliphatic carbocycles. The number of carbonyl (C=O) groups is 1. The summed E-state index contributed by atoms with van der Waals surface area (Å²) in [6, 6.07) is 18.5. The molecule has 1 aliphatic rings. The molecule has 0 bridgehead atoms. The average Bonchev–Trinajstić information content (AvgIpc) is 2.69. The molecule has 1 heterocycles. The minimum absolute atomic E-state index is 0.267. The molecule has 1 aliphatic heterocycles. The lowest BCUT2D eigenvalue weighted by molar-refractivity contribution is -0.133. The Morgan fingerprint density at radius 2 is 1.65 bits per heavy atom. The molecule has 0 atom stereocenters. The minimum atomic E-state index is 0.267. The van der Waals surface area contributed by atoms with Crippen molar-refractivity contribution in [3.63, 3.8) is 0 Å². The van der Waals surface area contributed by atoms with Crippen LogP contribution in [0.1, 0.15) is 24.5 Å². The monoisotopic (exact) mass is 352 g/mol. The summed E-state index contributed by atoms with van der Waals surface area (Å²) in [4.78, 5) is 16.9. The van der Waals surface area contributed by atoms with Gasteiger partial charge in [0.1, 0.15) is 5.75 Å². The molecular formula is C22H28N2O2. The Kier molecular flexibility index (Phi) is 6.67. The molecule has 0 N–H and O–H groups in total. The zero-order chi connectivity index (χ0) is 18.2. The number of hydrogen-bond donors (Lipinski definition) is 0. The summed E-state index contributed by atoms with van der Waals surface area (Å²) in [7, 11) is 0. The third kappa shape index (κ3) is 5.09. The molecule has 0 saturated carbocycles. The van der Waals surface area contributed by atoms with Gasteiger partial charge < -0.3 is 9.64 Å². The number of hydrogen-bond acceptors (Lipinski definition) is 3. The number of carbonyl (C=O) groups excluding carboxylic acids is 1. The van der Waals surface area contributed by atoms with Crippen molar-refractivity contribution in [1.29, 1.82) is 0 Å². The van der Waals surface area contributed by atoms with Gasteiger partial charge in [-0.3, -0.25) is 9.69 Å². The zero-order valence-electron chi connectivity index (χ0n) is 15.6. The Labute approximate surface area is 156 Å². The average molecular weight is 352 g/mol. The fraction of sp³-hybridized carbons (Fsp3) is 0.409. The van der Waals surface area contributed by atoms with Crippen LogP contribution in [0.5, 0.6) is 5.75 Å². The molecule has 26 heavy (non-hydrogen) atoms. The molecule has 0 spiro atoms. The second-order valence-electron chi connectivity index (χ2n) is 6.68. The van der Waals surface area contributed by atoms with E-state index in [1.807, 2.05) is 42.2 Å². The van der Waals surface area contributed by atoms with E-state index in [1.54, 1.807) is 0 Å². The molecule has 138 valence electrons. The summed E-state index contributed by atoms with van der Waals surface area (Å²) in [5.74, 6) is 1.24. The Bertz CT molecular complexity index is 694. The second kappa shape index (κ2) is 9.39. The molecule has 1 amide bonds. The van der Waals surface area contributed by atoms with E-state index in [2.05, 4.69) is 29.2 Å². The summed E-state index contributed by atoms with van der Waals surface area (Å²) in [6.45, 7) is 7.02. The fourth-order valence-electron chi connectivity index (χ4n) is 3.38. The first-order valence-electron chi connectivity index (χ1n) is 9.51. The van der Waals surface area contributed by atoms with Crippen LogP contribution < -0.4 is 4.74 Å². The van der Waals surface area contributed by atoms with E-state index in [9.17, 15) is 4.79 Å². The third-order valence-electron chi connectivity index (χ3n) is 4.86. The van der Waals surface area contributed by atoms with Crippen molar-refractivity contribution >= 4 is 5.91 Å². The van der Waals surface area contributed by atoms with E-state index in [1.165, 1.54) is 11.1 Å². The van der Waals surface area contributed by atoms with Gasteiger partial charge in [0.05, 0.1) is 6.61 Å². The Morgan fingerprint density at radius 1 is 0.962 bits per heavy atom. The van der Waals surface area contributed by atoms with Crippen molar-refractivity contribution in [3.8, 4) is 5.75 Å². The normalized spacial score (nSPS) is 15.0. The van der Waals surface area contributed by atoms with E-state index in [-0.39, 0.29) is 5.91 Å². The van der Waals surface area contributed by atoms with Crippen molar-refractivity contribution in [2.24, 2.45) is 0 Å². The molecule has 0 aromatic heterocycles. The van der Waals surface area contributed by atoms with E-state index in [0.29, 0.717) is 13.0 Å². The van der Waals surface area contributed by atoms with Crippen LogP contribution in [0.4, 0.5) is 0 Å². The highest BCUT2D eigenvalue weighted by molar-refractivity contribution is 5.76. The van der Waals surface area contributed by atoms with E-state index >= 15 is 0 Å². The van der Waals surface area contributed by atoms with Gasteiger partial charge in [-0.25, -0.2) is 0 Å². The van der Waals surface area contributed by atoms with Gasteiger partial charge in [-0.1, -0.05) is 48.5 Å². The van der Waals surface area contributed by atoms with E-state index in [0.717, 1.165) is 44.9 Å². The standard InChI is InChI=1S/C22H28N2O2/c1-2-26-21-11-7-6-10-20(21)18-23-14-16-24(17-15-23)22(25)13-12-19-8-4-3-5-9-19/h3-11H,2,12-18H2,1H3. The maximum absolute atomic E-state index is 12.5. The van der Waals surface area contributed by atoms with Crippen LogP contribution in [0.2, 0.25) is 0 Å². The van der Waals surface area contributed by atoms with Crippen molar-refractivity contribution in [1.82, 2.24) is 9.80 Å². The van der Waals surface area contributed by atoms with Gasteiger partial charge in [0.15, 0.2) is 0 Å². The zero-order valence-corrected chi connectivity index (χ0v) is 15.6. The van der Waals surface area contributed by atoms with Crippen LogP contribution in [0.3, 0.4) is 0 Å². The van der Waals surface area contributed by atoms with Gasteiger partial charge in [0.25, 0.3) is 0 Å². The molecule has 0 unspecified atom stereocenters. The quantitative estimate of drug-likeness (QED) is 0.766. The fourth-order valence-corrected chi connectivity index (χ4v) is 3.38. The van der Waals surface area contributed by atoms with Crippen LogP contribution in [-0.2, 0) is 17.8 Å². The molecular weight excluding hydrogens is 324 g/mol. The molecule has 3 rings (SSSR count). The third-order valence-corrected chi connectivity index (χ3v) is 4.86. The second-order valence-corrected chi connectivity index (χ2v) is 6.68. The van der Waals surface area contributed by atoms with Gasteiger partial charge in [-0.2, -0.15) is 0 Å². The van der Waals surface area contributed by atoms with Crippen LogP contribution >= 0.6 is 0 Å². The highest BCUT2D eigenvalue weighted by Crippen LogP contribution is 2.20. The van der Waals surface area contributed by atoms with Gasteiger partial charge in [-0.15, -0.1) is 0 Å². The lowest BCUT2D eigenvalue weighted by Crippen LogP contribution is -2.48. The Morgan fingerprint density at radius 3 is 2.38 bits per heavy atom. The molecule has 4 heteroatoms. The molecule has 1 fully saturated rings. The number of nitrogens with zero attached hydrogens (tertiary/aromatic N) is 2. The maximum atomic E-state index is 12.5. The van der Waals surface area contributed by atoms with E-state index in [4.69, 9.17) is 4.74 Å². The topological polar surface area (TPSA) is 32.8 Å². The smallest absolute Gasteiger partial charge is 0.222 e. The lowest BCUT2D eigenvalue weighted by atomic mass is 10.1. The Balaban J connectivity index is 1.46. The van der Waals surface area contributed by atoms with Crippen LogP contribution in [0.15, 0.2) is 54.6 Å². The van der Waals surface area contributed by atoms with Crippen molar-refractivity contribution < 1.29 is 9.53 Å². The molecule has 0 radical (unpaired) electrons. The molecule has 2 aromatic rings. The SMILES string of the molecule is CCOc1ccccc1CN1CCN(C(=O)CCc2ccccc2)CC1. The van der Waals surface area contributed by atoms with Gasteiger partial charge in [-0.05, 0) is 25.0 Å². The van der Waals surface area contributed by atoms with Gasteiger partial charge in [0, 0.05) is 44.7 Å². The summed E-state index contributed by atoms with van der Waals surface area (Å²) in [5, 5.41) is 0. The van der Waals surface area contributed by atoms with Crippen molar-refractivity contribution in [2.45, 2.75) is 26.3 Å². The highest BCUT2D eigenvalue weighted by Gasteiger charge is 2.21. The molecule has 1 saturated heterocycles. The van der Waals surface area contributed by atoms with Crippen LogP contribution in [0, 0.1) is 0 Å². The van der Waals surface area contributed by atoms with Crippen molar-refractivity contribution in [2.75, 3.05) is 32.8 Å². The van der Waals surface area contributed by atoms with Crippen LogP contribution in [-0.4, -0.2) is 48.5 Å². The first kappa shape index (κ1) is 18.5. The Hall–Kier alpha value is -2.33. The van der Waals surface area contributed by atoms with Gasteiger partial charge in [0.2, 0.25) is 5.91 Å². The summed E-state index contributed by atoms with van der Waals surface area (Å²) in [6.07, 6.45) is 1.42. The predicted molar refractivity (Wildman–Crippen MR) is 104 cm³/mol. The van der Waals surface area contributed by atoms with Crippen LogP contribution in [0.25, 0.3) is 0 Å². The number of para-hydroxylation sites is 1. The number of ether oxygens (including phenoxy) is 1. The highest BCUT2D eigenvalue weighted by atomic mass is 16.5.